The highest BCUT2D eigenvalue weighted by atomic mass is 79.9. The summed E-state index contributed by atoms with van der Waals surface area (Å²) in [6.45, 7) is 2.42. The first-order valence-corrected chi connectivity index (χ1v) is 10.6. The second-order valence-electron chi connectivity index (χ2n) is 6.56. The summed E-state index contributed by atoms with van der Waals surface area (Å²) in [6, 6.07) is 16.6. The molecule has 0 aromatic heterocycles. The average molecular weight is 501 g/mol. The number of hydrogen-bond acceptors (Lipinski definition) is 5. The van der Waals surface area contributed by atoms with Gasteiger partial charge in [0.25, 0.3) is 5.91 Å². The van der Waals surface area contributed by atoms with Crippen molar-refractivity contribution in [2.24, 2.45) is 5.10 Å². The van der Waals surface area contributed by atoms with E-state index < -0.39 is 5.91 Å². The van der Waals surface area contributed by atoms with Crippen LogP contribution in [-0.2, 0) is 6.61 Å². The molecular formula is C24H22BrFN2O4. The molecular weight excluding hydrogens is 479 g/mol. The summed E-state index contributed by atoms with van der Waals surface area (Å²) >= 11 is 3.41. The van der Waals surface area contributed by atoms with Gasteiger partial charge in [-0.05, 0) is 49.4 Å². The quantitative estimate of drug-likeness (QED) is 0.318. The molecule has 0 aliphatic heterocycles. The van der Waals surface area contributed by atoms with Gasteiger partial charge in [0.1, 0.15) is 18.2 Å². The first kappa shape index (κ1) is 23.3. The molecule has 0 fully saturated rings. The zero-order chi connectivity index (χ0) is 22.9. The Balaban J connectivity index is 1.70. The minimum absolute atomic E-state index is 0.0630. The van der Waals surface area contributed by atoms with E-state index in [4.69, 9.17) is 14.2 Å². The van der Waals surface area contributed by atoms with Gasteiger partial charge in [-0.3, -0.25) is 4.79 Å². The lowest BCUT2D eigenvalue weighted by Gasteiger charge is -2.11. The molecule has 3 rings (SSSR count). The second kappa shape index (κ2) is 11.3. The van der Waals surface area contributed by atoms with E-state index in [1.54, 1.807) is 54.6 Å². The molecule has 0 spiro atoms. The molecule has 0 bridgehead atoms. The fraction of sp³-hybridized carbons (Fsp3) is 0.167. The van der Waals surface area contributed by atoms with E-state index >= 15 is 0 Å². The molecule has 0 atom stereocenters. The van der Waals surface area contributed by atoms with Gasteiger partial charge in [-0.15, -0.1) is 0 Å². The Labute approximate surface area is 194 Å². The molecule has 1 N–H and O–H groups in total. The van der Waals surface area contributed by atoms with Crippen LogP contribution in [0.5, 0.6) is 17.2 Å². The van der Waals surface area contributed by atoms with Crippen molar-refractivity contribution in [3.05, 3.63) is 87.6 Å². The van der Waals surface area contributed by atoms with Crippen LogP contribution in [0.15, 0.2) is 70.2 Å². The van der Waals surface area contributed by atoms with Crippen molar-refractivity contribution < 1.29 is 23.4 Å². The first-order valence-electron chi connectivity index (χ1n) is 9.81. The summed E-state index contributed by atoms with van der Waals surface area (Å²) in [5.74, 6) is 0.765. The zero-order valence-corrected chi connectivity index (χ0v) is 19.2. The monoisotopic (exact) mass is 500 g/mol. The highest BCUT2D eigenvalue weighted by Crippen LogP contribution is 2.28. The predicted octanol–water partition coefficient (Wildman–Crippen LogP) is 5.34. The number of hydrogen-bond donors (Lipinski definition) is 1. The number of carbonyl (C=O) groups excluding carboxylic acids is 1. The van der Waals surface area contributed by atoms with E-state index in [-0.39, 0.29) is 12.4 Å². The predicted molar refractivity (Wildman–Crippen MR) is 124 cm³/mol. The number of nitrogens with one attached hydrogen (secondary N) is 1. The molecule has 3 aromatic carbocycles. The third-order valence-corrected chi connectivity index (χ3v) is 4.90. The first-order chi connectivity index (χ1) is 15.5. The lowest BCUT2D eigenvalue weighted by atomic mass is 10.2. The van der Waals surface area contributed by atoms with E-state index in [1.807, 2.05) is 6.92 Å². The summed E-state index contributed by atoms with van der Waals surface area (Å²) in [5.41, 5.74) is 3.90. The summed E-state index contributed by atoms with van der Waals surface area (Å²) < 4.78 is 31.2. The van der Waals surface area contributed by atoms with E-state index in [2.05, 4.69) is 26.5 Å². The summed E-state index contributed by atoms with van der Waals surface area (Å²) in [6.07, 6.45) is 1.46. The molecule has 0 saturated carbocycles. The van der Waals surface area contributed by atoms with E-state index in [0.717, 1.165) is 4.47 Å². The van der Waals surface area contributed by atoms with Gasteiger partial charge in [-0.1, -0.05) is 34.1 Å². The maximum absolute atomic E-state index is 13.9. The van der Waals surface area contributed by atoms with Gasteiger partial charge in [0.05, 0.1) is 19.9 Å². The van der Waals surface area contributed by atoms with Crippen LogP contribution in [0.25, 0.3) is 0 Å². The number of amides is 1. The van der Waals surface area contributed by atoms with Gasteiger partial charge in [0.15, 0.2) is 11.5 Å². The van der Waals surface area contributed by atoms with Crippen LogP contribution in [0.3, 0.4) is 0 Å². The smallest absolute Gasteiger partial charge is 0.271 e. The Hall–Kier alpha value is -3.39. The van der Waals surface area contributed by atoms with Gasteiger partial charge in [0.2, 0.25) is 0 Å². The molecule has 0 radical (unpaired) electrons. The van der Waals surface area contributed by atoms with Gasteiger partial charge in [-0.25, -0.2) is 9.82 Å². The Morgan fingerprint density at radius 2 is 1.84 bits per heavy atom. The van der Waals surface area contributed by atoms with Gasteiger partial charge in [0, 0.05) is 21.2 Å². The fourth-order valence-electron chi connectivity index (χ4n) is 2.83. The molecule has 6 nitrogen and oxygen atoms in total. The highest BCUT2D eigenvalue weighted by Gasteiger charge is 2.11. The second-order valence-corrected chi connectivity index (χ2v) is 7.48. The normalized spacial score (nSPS) is 10.8. The maximum atomic E-state index is 13.9. The maximum Gasteiger partial charge on any atom is 0.271 e. The number of hydrazone groups is 1. The fourth-order valence-corrected chi connectivity index (χ4v) is 3.21. The third kappa shape index (κ3) is 6.07. The molecule has 32 heavy (non-hydrogen) atoms. The minimum Gasteiger partial charge on any atom is -0.493 e. The number of nitrogens with zero attached hydrogens (tertiary/aromatic N) is 1. The Morgan fingerprint density at radius 1 is 1.06 bits per heavy atom. The van der Waals surface area contributed by atoms with Crippen LogP contribution in [-0.4, -0.2) is 25.8 Å². The van der Waals surface area contributed by atoms with E-state index in [9.17, 15) is 9.18 Å². The number of methoxy groups -OCH3 is 1. The minimum atomic E-state index is -0.411. The summed E-state index contributed by atoms with van der Waals surface area (Å²) in [7, 11) is 1.51. The van der Waals surface area contributed by atoms with Crippen LogP contribution in [0, 0.1) is 5.82 Å². The van der Waals surface area contributed by atoms with Crippen LogP contribution in [0.1, 0.15) is 28.4 Å². The van der Waals surface area contributed by atoms with Crippen molar-refractivity contribution in [2.45, 2.75) is 13.5 Å². The number of halogens is 2. The SMILES string of the molecule is CCOc1ccc(C(=O)N/N=C/c2cc(Br)ccc2OCc2ccccc2F)cc1OC. The Kier molecular flexibility index (Phi) is 8.21. The summed E-state index contributed by atoms with van der Waals surface area (Å²) in [4.78, 5) is 12.5. The number of rotatable bonds is 9. The highest BCUT2D eigenvalue weighted by molar-refractivity contribution is 9.10. The number of carbonyl (C=O) groups is 1. The molecule has 0 unspecified atom stereocenters. The van der Waals surface area contributed by atoms with Crippen LogP contribution in [0.4, 0.5) is 4.39 Å². The van der Waals surface area contributed by atoms with Crippen molar-refractivity contribution in [1.82, 2.24) is 5.43 Å². The topological polar surface area (TPSA) is 69.2 Å². The van der Waals surface area contributed by atoms with Gasteiger partial charge >= 0.3 is 0 Å². The van der Waals surface area contributed by atoms with Crippen LogP contribution >= 0.6 is 15.9 Å². The number of benzene rings is 3. The largest absolute Gasteiger partial charge is 0.493 e. The number of ether oxygens (including phenoxy) is 3. The lowest BCUT2D eigenvalue weighted by molar-refractivity contribution is 0.0954. The van der Waals surface area contributed by atoms with Crippen molar-refractivity contribution in [2.75, 3.05) is 13.7 Å². The zero-order valence-electron chi connectivity index (χ0n) is 17.6. The van der Waals surface area contributed by atoms with Crippen LogP contribution in [0.2, 0.25) is 0 Å². The molecule has 0 heterocycles. The third-order valence-electron chi connectivity index (χ3n) is 4.41. The summed E-state index contributed by atoms with van der Waals surface area (Å²) in [5, 5.41) is 4.03. The molecule has 3 aromatic rings. The molecule has 0 aliphatic carbocycles. The lowest BCUT2D eigenvalue weighted by Crippen LogP contribution is -2.17. The molecule has 166 valence electrons. The van der Waals surface area contributed by atoms with Crippen molar-refractivity contribution >= 4 is 28.1 Å². The molecule has 8 heteroatoms. The standard InChI is InChI=1S/C24H22BrFN2O4/c1-3-31-22-10-8-16(13-23(22)30-2)24(29)28-27-14-18-12-19(25)9-11-21(18)32-15-17-6-4-5-7-20(17)26/h4-14H,3,15H2,1-2H3,(H,28,29)/b27-14+. The molecule has 0 aliphatic rings. The molecule has 1 amide bonds. The van der Waals surface area contributed by atoms with Crippen molar-refractivity contribution in [3.8, 4) is 17.2 Å². The Morgan fingerprint density at radius 3 is 2.59 bits per heavy atom. The van der Waals surface area contributed by atoms with Crippen LogP contribution < -0.4 is 19.6 Å². The average Bonchev–Trinajstić information content (AvgIpc) is 2.80. The Bertz CT molecular complexity index is 1120. The van der Waals surface area contributed by atoms with Crippen molar-refractivity contribution in [1.29, 1.82) is 0 Å². The van der Waals surface area contributed by atoms with Gasteiger partial charge in [-0.2, -0.15) is 5.10 Å². The van der Waals surface area contributed by atoms with E-state index in [0.29, 0.717) is 40.5 Å². The molecule has 0 saturated heterocycles. The van der Waals surface area contributed by atoms with Gasteiger partial charge < -0.3 is 14.2 Å². The van der Waals surface area contributed by atoms with E-state index in [1.165, 1.54) is 19.4 Å². The van der Waals surface area contributed by atoms with Crippen molar-refractivity contribution in [3.63, 3.8) is 0 Å².